The lowest BCUT2D eigenvalue weighted by molar-refractivity contribution is -0.592. The SMILES string of the molecule is O=c1c[n+](S(=O)(=O)c2ccc(Cl)cc2)[nH]o1. The first-order chi connectivity index (χ1) is 7.50. The zero-order valence-electron chi connectivity index (χ0n) is 7.75. The fourth-order valence-electron chi connectivity index (χ4n) is 1.08. The third kappa shape index (κ3) is 1.86. The van der Waals surface area contributed by atoms with E-state index in [1.807, 2.05) is 5.27 Å². The van der Waals surface area contributed by atoms with Crippen molar-refractivity contribution in [2.45, 2.75) is 4.90 Å². The van der Waals surface area contributed by atoms with Crippen molar-refractivity contribution in [3.05, 3.63) is 45.9 Å². The van der Waals surface area contributed by atoms with Gasteiger partial charge in [0.05, 0.1) is 0 Å². The predicted molar refractivity (Wildman–Crippen MR) is 53.6 cm³/mol. The molecule has 0 aliphatic rings. The van der Waals surface area contributed by atoms with E-state index in [9.17, 15) is 13.2 Å². The van der Waals surface area contributed by atoms with Gasteiger partial charge in [0, 0.05) is 14.4 Å². The van der Waals surface area contributed by atoms with Crippen LogP contribution in [0.1, 0.15) is 0 Å². The third-order valence-electron chi connectivity index (χ3n) is 1.83. The first-order valence-corrected chi connectivity index (χ1v) is 5.93. The second kappa shape index (κ2) is 3.76. The Labute approximate surface area is 95.1 Å². The number of benzene rings is 1. The maximum absolute atomic E-state index is 11.8. The van der Waals surface area contributed by atoms with E-state index < -0.39 is 15.6 Å². The Morgan fingerprint density at radius 2 is 1.88 bits per heavy atom. The highest BCUT2D eigenvalue weighted by Gasteiger charge is 2.28. The van der Waals surface area contributed by atoms with E-state index in [0.29, 0.717) is 9.11 Å². The molecule has 84 valence electrons. The predicted octanol–water partition coefficient (Wildman–Crippen LogP) is 0.146. The summed E-state index contributed by atoms with van der Waals surface area (Å²) in [6.45, 7) is 0. The summed E-state index contributed by atoms with van der Waals surface area (Å²) in [7, 11) is -3.83. The van der Waals surface area contributed by atoms with Gasteiger partial charge in [-0.2, -0.15) is 8.42 Å². The van der Waals surface area contributed by atoms with Crippen LogP contribution in [-0.2, 0) is 10.0 Å². The Bertz CT molecular complexity index is 656. The van der Waals surface area contributed by atoms with Crippen molar-refractivity contribution in [3.63, 3.8) is 0 Å². The Balaban J connectivity index is 2.55. The van der Waals surface area contributed by atoms with Gasteiger partial charge in [0.25, 0.3) is 0 Å². The first kappa shape index (κ1) is 10.9. The lowest BCUT2D eigenvalue weighted by Gasteiger charge is -1.94. The minimum atomic E-state index is -3.83. The molecule has 0 spiro atoms. The van der Waals surface area contributed by atoms with Crippen molar-refractivity contribution in [1.82, 2.24) is 5.27 Å². The molecule has 0 bridgehead atoms. The molecule has 8 heteroatoms. The van der Waals surface area contributed by atoms with E-state index in [0.717, 1.165) is 6.20 Å². The van der Waals surface area contributed by atoms with Crippen LogP contribution in [0.4, 0.5) is 0 Å². The molecule has 0 aliphatic heterocycles. The number of rotatable bonds is 2. The summed E-state index contributed by atoms with van der Waals surface area (Å²) in [5.41, 5.74) is -0.780. The molecule has 16 heavy (non-hydrogen) atoms. The Morgan fingerprint density at radius 1 is 1.25 bits per heavy atom. The Kier molecular flexibility index (Phi) is 2.56. The molecule has 1 aromatic carbocycles. The van der Waals surface area contributed by atoms with Crippen LogP contribution in [0.15, 0.2) is 44.7 Å². The van der Waals surface area contributed by atoms with Gasteiger partial charge in [-0.05, 0) is 24.3 Å². The number of H-pyrrole nitrogens is 1. The highest BCUT2D eigenvalue weighted by Crippen LogP contribution is 2.12. The summed E-state index contributed by atoms with van der Waals surface area (Å²) in [6.07, 6.45) is 0.796. The standard InChI is InChI=1S/C8H5ClN2O4S/c9-6-1-3-7(4-2-6)16(13,14)11-5-8(12)15-10-11/h1-5H/p+1. The molecule has 0 saturated heterocycles. The highest BCUT2D eigenvalue weighted by molar-refractivity contribution is 7.84. The van der Waals surface area contributed by atoms with Crippen LogP contribution in [0, 0.1) is 0 Å². The molecule has 0 fully saturated rings. The van der Waals surface area contributed by atoms with E-state index >= 15 is 0 Å². The number of nitrogens with zero attached hydrogens (tertiary/aromatic N) is 1. The fraction of sp³-hybridized carbons (Fsp3) is 0. The number of hydrogen-bond donors (Lipinski definition) is 1. The van der Waals surface area contributed by atoms with Crippen LogP contribution in [0.2, 0.25) is 5.02 Å². The van der Waals surface area contributed by atoms with Gasteiger partial charge < -0.3 is 0 Å². The number of halogens is 1. The molecule has 2 aromatic rings. The summed E-state index contributed by atoms with van der Waals surface area (Å²) in [5, 5.41) is 2.39. The van der Waals surface area contributed by atoms with E-state index in [2.05, 4.69) is 4.52 Å². The van der Waals surface area contributed by atoms with Gasteiger partial charge in [0.2, 0.25) is 0 Å². The van der Waals surface area contributed by atoms with Gasteiger partial charge >= 0.3 is 21.8 Å². The minimum Gasteiger partial charge on any atom is -0.282 e. The average Bonchev–Trinajstić information content (AvgIpc) is 2.66. The molecule has 2 rings (SSSR count). The van der Waals surface area contributed by atoms with Crippen molar-refractivity contribution in [3.8, 4) is 0 Å². The van der Waals surface area contributed by atoms with E-state index in [-0.39, 0.29) is 4.90 Å². The van der Waals surface area contributed by atoms with Crippen LogP contribution in [-0.4, -0.2) is 13.7 Å². The zero-order valence-corrected chi connectivity index (χ0v) is 9.33. The minimum absolute atomic E-state index is 0.000972. The lowest BCUT2D eigenvalue weighted by atomic mass is 10.4. The van der Waals surface area contributed by atoms with E-state index in [1.165, 1.54) is 24.3 Å². The quantitative estimate of drug-likeness (QED) is 0.780. The summed E-state index contributed by atoms with van der Waals surface area (Å²) in [6, 6.07) is 5.53. The summed E-state index contributed by atoms with van der Waals surface area (Å²) in [4.78, 5) is 10.7. The third-order valence-corrected chi connectivity index (χ3v) is 3.65. The molecule has 6 nitrogen and oxygen atoms in total. The summed E-state index contributed by atoms with van der Waals surface area (Å²) < 4.78 is 28.6. The normalized spacial score (nSPS) is 11.6. The van der Waals surface area contributed by atoms with Crippen LogP contribution >= 0.6 is 11.6 Å². The molecular formula is C8H6ClN2O4S+. The first-order valence-electron chi connectivity index (χ1n) is 4.11. The van der Waals surface area contributed by atoms with Crippen molar-refractivity contribution < 1.29 is 17.0 Å². The maximum Gasteiger partial charge on any atom is 0.428 e. The highest BCUT2D eigenvalue weighted by atomic mass is 35.5. The van der Waals surface area contributed by atoms with Gasteiger partial charge in [-0.15, -0.1) is 0 Å². The van der Waals surface area contributed by atoms with Crippen molar-refractivity contribution in [2.24, 2.45) is 0 Å². The van der Waals surface area contributed by atoms with Crippen LogP contribution in [0.5, 0.6) is 0 Å². The number of aromatic amines is 1. The van der Waals surface area contributed by atoms with Gasteiger partial charge in [-0.25, -0.2) is 4.79 Å². The molecule has 0 radical (unpaired) electrons. The smallest absolute Gasteiger partial charge is 0.282 e. The number of aromatic nitrogens is 2. The molecule has 0 saturated carbocycles. The number of nitrogens with one attached hydrogen (secondary N) is 1. The molecule has 1 aromatic heterocycles. The Morgan fingerprint density at radius 3 is 2.38 bits per heavy atom. The van der Waals surface area contributed by atoms with Crippen LogP contribution in [0.25, 0.3) is 0 Å². The number of hydrogen-bond acceptors (Lipinski definition) is 4. The Hall–Kier alpha value is -1.60. The van der Waals surface area contributed by atoms with E-state index in [4.69, 9.17) is 11.6 Å². The van der Waals surface area contributed by atoms with Crippen LogP contribution in [0.3, 0.4) is 0 Å². The maximum atomic E-state index is 11.8. The summed E-state index contributed by atoms with van der Waals surface area (Å²) >= 11 is 5.63. The van der Waals surface area contributed by atoms with Crippen LogP contribution < -0.4 is 9.71 Å². The second-order valence-corrected chi connectivity index (χ2v) is 5.15. The molecule has 0 atom stereocenters. The summed E-state index contributed by atoms with van der Waals surface area (Å²) in [5.74, 6) is 0. The van der Waals surface area contributed by atoms with Crippen molar-refractivity contribution in [1.29, 1.82) is 0 Å². The second-order valence-electron chi connectivity index (χ2n) is 2.90. The molecule has 0 unspecified atom stereocenters. The van der Waals surface area contributed by atoms with Gasteiger partial charge in [-0.3, -0.25) is 4.52 Å². The zero-order chi connectivity index (χ0) is 11.8. The fourth-order valence-corrected chi connectivity index (χ4v) is 2.27. The van der Waals surface area contributed by atoms with Gasteiger partial charge in [0.1, 0.15) is 4.90 Å². The molecular weight excluding hydrogens is 256 g/mol. The molecule has 0 amide bonds. The molecule has 1 N–H and O–H groups in total. The van der Waals surface area contributed by atoms with Gasteiger partial charge in [0.15, 0.2) is 0 Å². The largest absolute Gasteiger partial charge is 0.428 e. The van der Waals surface area contributed by atoms with E-state index in [1.54, 1.807) is 0 Å². The van der Waals surface area contributed by atoms with Gasteiger partial charge in [-0.1, -0.05) is 11.6 Å². The topological polar surface area (TPSA) is 84.0 Å². The molecule has 1 heterocycles. The molecule has 0 aliphatic carbocycles. The monoisotopic (exact) mass is 261 g/mol. The average molecular weight is 262 g/mol. The van der Waals surface area contributed by atoms with Crippen molar-refractivity contribution in [2.75, 3.05) is 0 Å². The lowest BCUT2D eigenvalue weighted by Crippen LogP contribution is -2.44. The van der Waals surface area contributed by atoms with Crippen molar-refractivity contribution >= 4 is 21.6 Å².